The lowest BCUT2D eigenvalue weighted by Crippen LogP contribution is -1.86. The fourth-order valence-electron chi connectivity index (χ4n) is 0.664. The van der Waals surface area contributed by atoms with E-state index in [-0.39, 0.29) is 0 Å². The van der Waals surface area contributed by atoms with Gasteiger partial charge < -0.3 is 5.11 Å². The normalized spacial score (nSPS) is 10.2. The summed E-state index contributed by atoms with van der Waals surface area (Å²) in [5.74, 6) is 2.52. The number of unbranched alkanes of at least 4 members (excludes halogenated alkanes) is 2. The molecule has 0 aromatic carbocycles. The van der Waals surface area contributed by atoms with E-state index in [9.17, 15) is 0 Å². The molecular weight excluding hydrogens is 144 g/mol. The van der Waals surface area contributed by atoms with E-state index in [0.717, 1.165) is 6.42 Å². The van der Waals surface area contributed by atoms with Gasteiger partial charge in [-0.05, 0) is 30.8 Å². The summed E-state index contributed by atoms with van der Waals surface area (Å²) in [6.07, 6.45) is 4.78. The minimum absolute atomic E-state index is 0.355. The molecule has 0 radical (unpaired) electrons. The Morgan fingerprint density at radius 1 is 1.10 bits per heavy atom. The van der Waals surface area contributed by atoms with Crippen LogP contribution in [0.2, 0.25) is 0 Å². The Morgan fingerprint density at radius 3 is 2.40 bits per heavy atom. The van der Waals surface area contributed by atoms with Crippen molar-refractivity contribution in [1.82, 2.24) is 0 Å². The van der Waals surface area contributed by atoms with Crippen LogP contribution in [0.4, 0.5) is 0 Å². The highest BCUT2D eigenvalue weighted by atomic mass is 32.2. The molecule has 0 atom stereocenters. The van der Waals surface area contributed by atoms with Crippen molar-refractivity contribution in [3.63, 3.8) is 0 Å². The Bertz CT molecular complexity index is 49.2. The number of hydrogen-bond acceptors (Lipinski definition) is 2. The monoisotopic (exact) mass is 162 g/mol. The molecule has 0 aliphatic rings. The maximum Gasteiger partial charge on any atom is 0.0431 e. The first-order chi connectivity index (χ1) is 4.91. The van der Waals surface area contributed by atoms with Crippen molar-refractivity contribution in [3.05, 3.63) is 0 Å². The van der Waals surface area contributed by atoms with Crippen LogP contribution < -0.4 is 0 Å². The fraction of sp³-hybridized carbons (Fsp3) is 1.00. The first kappa shape index (κ1) is 10.3. The molecular formula is C8H18OS. The van der Waals surface area contributed by atoms with Gasteiger partial charge in [0.1, 0.15) is 0 Å². The summed E-state index contributed by atoms with van der Waals surface area (Å²) < 4.78 is 0. The molecule has 0 heterocycles. The third-order valence-electron chi connectivity index (χ3n) is 1.34. The predicted octanol–water partition coefficient (Wildman–Crippen LogP) is 2.29. The maximum absolute atomic E-state index is 8.46. The highest BCUT2D eigenvalue weighted by Crippen LogP contribution is 2.06. The van der Waals surface area contributed by atoms with E-state index in [1.165, 1.54) is 30.8 Å². The number of aliphatic hydroxyl groups excluding tert-OH is 1. The lowest BCUT2D eigenvalue weighted by molar-refractivity contribution is 0.287. The van der Waals surface area contributed by atoms with E-state index in [1.54, 1.807) is 0 Å². The molecule has 0 bridgehead atoms. The molecule has 0 spiro atoms. The van der Waals surface area contributed by atoms with Gasteiger partial charge in [0.2, 0.25) is 0 Å². The summed E-state index contributed by atoms with van der Waals surface area (Å²) in [6, 6.07) is 0. The molecule has 0 fully saturated rings. The van der Waals surface area contributed by atoms with E-state index in [1.807, 2.05) is 11.8 Å². The van der Waals surface area contributed by atoms with E-state index in [0.29, 0.717) is 6.61 Å². The van der Waals surface area contributed by atoms with Gasteiger partial charge in [-0.15, -0.1) is 0 Å². The zero-order chi connectivity index (χ0) is 7.66. The Morgan fingerprint density at radius 2 is 1.80 bits per heavy atom. The molecule has 0 saturated carbocycles. The summed E-state index contributed by atoms with van der Waals surface area (Å²) in [7, 11) is 0. The fourth-order valence-corrected chi connectivity index (χ4v) is 1.77. The lowest BCUT2D eigenvalue weighted by atomic mass is 10.4. The van der Waals surface area contributed by atoms with Crippen molar-refractivity contribution in [2.24, 2.45) is 0 Å². The molecule has 0 saturated heterocycles. The van der Waals surface area contributed by atoms with Crippen LogP contribution in [-0.4, -0.2) is 23.2 Å². The minimum Gasteiger partial charge on any atom is -0.396 e. The second-order valence-electron chi connectivity index (χ2n) is 2.40. The Hall–Kier alpha value is 0.310. The van der Waals surface area contributed by atoms with Crippen molar-refractivity contribution >= 4 is 11.8 Å². The van der Waals surface area contributed by atoms with Gasteiger partial charge >= 0.3 is 0 Å². The van der Waals surface area contributed by atoms with Gasteiger partial charge in [0, 0.05) is 6.61 Å². The second kappa shape index (κ2) is 9.31. The zero-order valence-corrected chi connectivity index (χ0v) is 7.62. The molecule has 0 amide bonds. The molecule has 0 unspecified atom stereocenters. The summed E-state index contributed by atoms with van der Waals surface area (Å²) in [5.41, 5.74) is 0. The first-order valence-corrected chi connectivity index (χ1v) is 5.26. The molecule has 0 rings (SSSR count). The first-order valence-electron chi connectivity index (χ1n) is 4.10. The summed E-state index contributed by atoms with van der Waals surface area (Å²) >= 11 is 2.01. The van der Waals surface area contributed by atoms with Crippen molar-refractivity contribution < 1.29 is 5.11 Å². The number of aliphatic hydroxyl groups is 1. The SMILES string of the molecule is CCCCSCCCCO. The van der Waals surface area contributed by atoms with Gasteiger partial charge in [-0.25, -0.2) is 0 Å². The van der Waals surface area contributed by atoms with E-state index in [2.05, 4.69) is 6.92 Å². The minimum atomic E-state index is 0.355. The van der Waals surface area contributed by atoms with E-state index >= 15 is 0 Å². The van der Waals surface area contributed by atoms with Crippen LogP contribution in [0, 0.1) is 0 Å². The molecule has 0 aliphatic carbocycles. The van der Waals surface area contributed by atoms with Gasteiger partial charge in [-0.2, -0.15) is 11.8 Å². The highest BCUT2D eigenvalue weighted by molar-refractivity contribution is 7.99. The lowest BCUT2D eigenvalue weighted by Gasteiger charge is -1.97. The van der Waals surface area contributed by atoms with E-state index < -0.39 is 0 Å². The number of thioether (sulfide) groups is 1. The third-order valence-corrected chi connectivity index (χ3v) is 2.49. The molecule has 2 heteroatoms. The van der Waals surface area contributed by atoms with Crippen LogP contribution in [0.25, 0.3) is 0 Å². The molecule has 0 aromatic heterocycles. The highest BCUT2D eigenvalue weighted by Gasteiger charge is 1.87. The van der Waals surface area contributed by atoms with Crippen LogP contribution in [0.3, 0.4) is 0 Å². The van der Waals surface area contributed by atoms with Gasteiger partial charge in [-0.1, -0.05) is 13.3 Å². The van der Waals surface area contributed by atoms with Crippen molar-refractivity contribution in [1.29, 1.82) is 0 Å². The smallest absolute Gasteiger partial charge is 0.0431 e. The number of rotatable bonds is 7. The molecule has 0 aromatic rings. The van der Waals surface area contributed by atoms with Crippen LogP contribution in [0.5, 0.6) is 0 Å². The predicted molar refractivity (Wildman–Crippen MR) is 48.6 cm³/mol. The molecule has 1 nitrogen and oxygen atoms in total. The largest absolute Gasteiger partial charge is 0.396 e. The average molecular weight is 162 g/mol. The van der Waals surface area contributed by atoms with E-state index in [4.69, 9.17) is 5.11 Å². The third kappa shape index (κ3) is 8.31. The van der Waals surface area contributed by atoms with Crippen LogP contribution >= 0.6 is 11.8 Å². The molecule has 0 aliphatic heterocycles. The van der Waals surface area contributed by atoms with Gasteiger partial charge in [-0.3, -0.25) is 0 Å². The Kier molecular flexibility index (Phi) is 9.60. The van der Waals surface area contributed by atoms with Crippen molar-refractivity contribution in [2.45, 2.75) is 32.6 Å². The average Bonchev–Trinajstić information content (AvgIpc) is 1.97. The zero-order valence-electron chi connectivity index (χ0n) is 6.81. The Labute approximate surface area is 68.2 Å². The van der Waals surface area contributed by atoms with Crippen LogP contribution in [-0.2, 0) is 0 Å². The van der Waals surface area contributed by atoms with Crippen molar-refractivity contribution in [2.75, 3.05) is 18.1 Å². The number of hydrogen-bond donors (Lipinski definition) is 1. The maximum atomic E-state index is 8.46. The topological polar surface area (TPSA) is 20.2 Å². The van der Waals surface area contributed by atoms with Gasteiger partial charge in [0.15, 0.2) is 0 Å². The quantitative estimate of drug-likeness (QED) is 0.580. The summed E-state index contributed by atoms with van der Waals surface area (Å²) in [6.45, 7) is 2.57. The van der Waals surface area contributed by atoms with Crippen molar-refractivity contribution in [3.8, 4) is 0 Å². The summed E-state index contributed by atoms with van der Waals surface area (Å²) in [4.78, 5) is 0. The molecule has 10 heavy (non-hydrogen) atoms. The standard InChI is InChI=1S/C8H18OS/c1-2-3-7-10-8-5-4-6-9/h9H,2-8H2,1H3. The second-order valence-corrected chi connectivity index (χ2v) is 3.62. The molecule has 1 N–H and O–H groups in total. The summed E-state index contributed by atoms with van der Waals surface area (Å²) in [5, 5.41) is 8.46. The van der Waals surface area contributed by atoms with Gasteiger partial charge in [0.25, 0.3) is 0 Å². The molecule has 62 valence electrons. The van der Waals surface area contributed by atoms with Gasteiger partial charge in [0.05, 0.1) is 0 Å². The van der Waals surface area contributed by atoms with Crippen LogP contribution in [0.15, 0.2) is 0 Å². The Balaban J connectivity index is 2.65. The van der Waals surface area contributed by atoms with Crippen LogP contribution in [0.1, 0.15) is 32.6 Å².